The number of hydrogen-bond donors (Lipinski definition) is 4. The molecule has 0 unspecified atom stereocenters. The second-order valence-corrected chi connectivity index (χ2v) is 11.5. The molecule has 5 aromatic rings. The fourth-order valence-corrected chi connectivity index (χ4v) is 5.89. The summed E-state index contributed by atoms with van der Waals surface area (Å²) in [5.74, 6) is 0.440. The first kappa shape index (κ1) is 26.9. The first-order chi connectivity index (χ1) is 20.5. The number of fused-ring (bicyclic) bond motifs is 1. The van der Waals surface area contributed by atoms with Gasteiger partial charge in [0.15, 0.2) is 0 Å². The van der Waals surface area contributed by atoms with Gasteiger partial charge in [0, 0.05) is 29.0 Å². The van der Waals surface area contributed by atoms with Gasteiger partial charge in [-0.25, -0.2) is 13.5 Å². The molecule has 1 aliphatic heterocycles. The zero-order chi connectivity index (χ0) is 28.9. The highest BCUT2D eigenvalue weighted by molar-refractivity contribution is 7.92. The van der Waals surface area contributed by atoms with Crippen molar-refractivity contribution in [1.29, 1.82) is 0 Å². The maximum Gasteiger partial charge on any atom is 0.261 e. The Morgan fingerprint density at radius 3 is 2.26 bits per heavy atom. The molecule has 0 aliphatic carbocycles. The van der Waals surface area contributed by atoms with Crippen molar-refractivity contribution < 1.29 is 13.2 Å². The van der Waals surface area contributed by atoms with Crippen LogP contribution in [0.1, 0.15) is 28.9 Å². The minimum absolute atomic E-state index is 0.0528. The zero-order valence-electron chi connectivity index (χ0n) is 22.4. The van der Waals surface area contributed by atoms with E-state index in [0.29, 0.717) is 28.2 Å². The molecular weight excluding hydrogens is 550 g/mol. The highest BCUT2D eigenvalue weighted by Crippen LogP contribution is 2.39. The molecule has 4 aromatic carbocycles. The Kier molecular flexibility index (Phi) is 7.48. The summed E-state index contributed by atoms with van der Waals surface area (Å²) >= 11 is 0. The van der Waals surface area contributed by atoms with Crippen molar-refractivity contribution in [1.82, 2.24) is 20.6 Å². The molecule has 2 heterocycles. The number of H-pyrrole nitrogens is 1. The second-order valence-electron chi connectivity index (χ2n) is 9.77. The molecule has 11 heteroatoms. The van der Waals surface area contributed by atoms with E-state index in [0.717, 1.165) is 41.9 Å². The topological polar surface area (TPSA) is 142 Å². The second kappa shape index (κ2) is 11.7. The Bertz CT molecular complexity index is 1840. The van der Waals surface area contributed by atoms with E-state index in [2.05, 4.69) is 36.0 Å². The van der Waals surface area contributed by atoms with E-state index in [1.807, 2.05) is 60.7 Å². The lowest BCUT2D eigenvalue weighted by Gasteiger charge is -2.16. The van der Waals surface area contributed by atoms with E-state index >= 15 is 0 Å². The summed E-state index contributed by atoms with van der Waals surface area (Å²) in [4.78, 5) is 13.4. The molecule has 210 valence electrons. The van der Waals surface area contributed by atoms with Crippen LogP contribution >= 0.6 is 0 Å². The summed E-state index contributed by atoms with van der Waals surface area (Å²) in [5, 5.41) is 20.2. The molecule has 1 aromatic heterocycles. The van der Waals surface area contributed by atoms with E-state index in [1.54, 1.807) is 30.3 Å². The van der Waals surface area contributed by atoms with Gasteiger partial charge in [0.2, 0.25) is 0 Å². The number of tetrazole rings is 1. The number of para-hydroxylation sites is 1. The molecule has 0 saturated carbocycles. The number of nitrogens with zero attached hydrogens (tertiary/aromatic N) is 3. The van der Waals surface area contributed by atoms with E-state index in [4.69, 9.17) is 0 Å². The van der Waals surface area contributed by atoms with Gasteiger partial charge in [-0.3, -0.25) is 9.52 Å². The Balaban J connectivity index is 1.31. The molecule has 6 rings (SSSR count). The van der Waals surface area contributed by atoms with Crippen molar-refractivity contribution in [2.45, 2.75) is 24.2 Å². The largest absolute Gasteiger partial charge is 0.354 e. The van der Waals surface area contributed by atoms with E-state index in [-0.39, 0.29) is 10.8 Å². The Hall–Kier alpha value is -5.29. The summed E-state index contributed by atoms with van der Waals surface area (Å²) < 4.78 is 29.1. The lowest BCUT2D eigenvalue weighted by Crippen LogP contribution is -2.13. The van der Waals surface area contributed by atoms with Crippen molar-refractivity contribution in [3.8, 4) is 0 Å². The molecule has 0 spiro atoms. The molecular formula is C31H27N7O3S. The maximum absolute atomic E-state index is 13.4. The van der Waals surface area contributed by atoms with Crippen LogP contribution in [-0.4, -0.2) is 34.9 Å². The maximum atomic E-state index is 13.4. The predicted octanol–water partition coefficient (Wildman–Crippen LogP) is 5.11. The fourth-order valence-electron chi connectivity index (χ4n) is 4.81. The van der Waals surface area contributed by atoms with Crippen LogP contribution in [0.2, 0.25) is 0 Å². The van der Waals surface area contributed by atoms with Crippen LogP contribution < -0.4 is 15.4 Å². The molecule has 0 atom stereocenters. The molecule has 10 nitrogen and oxygen atoms in total. The van der Waals surface area contributed by atoms with Crippen LogP contribution in [0, 0.1) is 0 Å². The standard InChI is InChI=1S/C31H27N7O3S/c39-31-29(26-20-25(18-19-27(26)33-31)42(40,41)36-24-11-5-2-6-12-24)30(22-9-3-1-4-10-22)32-23-16-14-21(15-17-23)8-7-13-28-34-37-38-35-28/h1-6,9-12,14-20,32,36H,7-8,13H2,(H,33,39)(H,34,35,37,38). The van der Waals surface area contributed by atoms with Gasteiger partial charge in [-0.15, -0.1) is 5.10 Å². The highest BCUT2D eigenvalue weighted by atomic mass is 32.2. The number of anilines is 3. The quantitative estimate of drug-likeness (QED) is 0.169. The summed E-state index contributed by atoms with van der Waals surface area (Å²) in [6, 6.07) is 30.8. The average molecular weight is 578 g/mol. The SMILES string of the molecule is O=C1Nc2ccc(S(=O)(=O)Nc3ccccc3)cc2C1=C(Nc1ccc(CCCc2nnn[nH]2)cc1)c1ccccc1. The van der Waals surface area contributed by atoms with Crippen molar-refractivity contribution in [2.24, 2.45) is 0 Å². The average Bonchev–Trinajstić information content (AvgIpc) is 3.64. The third-order valence-electron chi connectivity index (χ3n) is 6.88. The van der Waals surface area contributed by atoms with E-state index < -0.39 is 10.0 Å². The number of nitrogens with one attached hydrogen (secondary N) is 4. The summed E-state index contributed by atoms with van der Waals surface area (Å²) in [6.45, 7) is 0. The van der Waals surface area contributed by atoms with Gasteiger partial charge >= 0.3 is 0 Å². The molecule has 0 bridgehead atoms. The number of aromatic amines is 1. The lowest BCUT2D eigenvalue weighted by molar-refractivity contribution is -0.110. The van der Waals surface area contributed by atoms with Gasteiger partial charge in [-0.2, -0.15) is 0 Å². The Morgan fingerprint density at radius 2 is 1.55 bits per heavy atom. The van der Waals surface area contributed by atoms with Crippen molar-refractivity contribution in [2.75, 3.05) is 15.4 Å². The number of benzene rings is 4. The highest BCUT2D eigenvalue weighted by Gasteiger charge is 2.30. The zero-order valence-corrected chi connectivity index (χ0v) is 23.2. The smallest absolute Gasteiger partial charge is 0.261 e. The van der Waals surface area contributed by atoms with Gasteiger partial charge in [0.05, 0.1) is 16.2 Å². The number of carbonyl (C=O) groups is 1. The summed E-state index contributed by atoms with van der Waals surface area (Å²) in [7, 11) is -3.90. The minimum Gasteiger partial charge on any atom is -0.354 e. The third-order valence-corrected chi connectivity index (χ3v) is 8.25. The van der Waals surface area contributed by atoms with Crippen molar-refractivity contribution in [3.05, 3.63) is 126 Å². The lowest BCUT2D eigenvalue weighted by atomic mass is 10.00. The molecule has 42 heavy (non-hydrogen) atoms. The fraction of sp³-hybridized carbons (Fsp3) is 0.0968. The molecule has 0 saturated heterocycles. The van der Waals surface area contributed by atoms with Gasteiger partial charge in [-0.05, 0) is 76.9 Å². The number of amides is 1. The third kappa shape index (κ3) is 5.91. The summed E-state index contributed by atoms with van der Waals surface area (Å²) in [6.07, 6.45) is 2.51. The number of carbonyl (C=O) groups excluding carboxylic acids is 1. The number of hydrogen-bond acceptors (Lipinski definition) is 7. The van der Waals surface area contributed by atoms with Crippen LogP contribution in [-0.2, 0) is 27.7 Å². The van der Waals surface area contributed by atoms with Crippen LogP contribution in [0.4, 0.5) is 17.1 Å². The number of sulfonamides is 1. The van der Waals surface area contributed by atoms with E-state index in [1.165, 1.54) is 12.1 Å². The Labute approximate surface area is 242 Å². The number of rotatable bonds is 10. The summed E-state index contributed by atoms with van der Waals surface area (Å²) in [5.41, 5.74) is 5.17. The van der Waals surface area contributed by atoms with Gasteiger partial charge in [0.1, 0.15) is 5.82 Å². The Morgan fingerprint density at radius 1 is 0.810 bits per heavy atom. The van der Waals surface area contributed by atoms with Crippen molar-refractivity contribution >= 4 is 44.3 Å². The normalized spacial score (nSPS) is 13.8. The molecule has 0 fully saturated rings. The first-order valence-electron chi connectivity index (χ1n) is 13.4. The van der Waals surface area contributed by atoms with Gasteiger partial charge in [0.25, 0.3) is 15.9 Å². The van der Waals surface area contributed by atoms with Crippen molar-refractivity contribution in [3.63, 3.8) is 0 Å². The van der Waals surface area contributed by atoms with E-state index in [9.17, 15) is 13.2 Å². The predicted molar refractivity (Wildman–Crippen MR) is 162 cm³/mol. The molecule has 4 N–H and O–H groups in total. The van der Waals surface area contributed by atoms with Crippen LogP contribution in [0.3, 0.4) is 0 Å². The van der Waals surface area contributed by atoms with Crippen LogP contribution in [0.25, 0.3) is 11.3 Å². The van der Waals surface area contributed by atoms with Crippen LogP contribution in [0.15, 0.2) is 108 Å². The monoisotopic (exact) mass is 577 g/mol. The molecule has 0 radical (unpaired) electrons. The van der Waals surface area contributed by atoms with Crippen LogP contribution in [0.5, 0.6) is 0 Å². The van der Waals surface area contributed by atoms with Gasteiger partial charge in [-0.1, -0.05) is 60.7 Å². The minimum atomic E-state index is -3.90. The number of aromatic nitrogens is 4. The molecule has 1 amide bonds. The molecule has 1 aliphatic rings. The first-order valence-corrected chi connectivity index (χ1v) is 14.9. The van der Waals surface area contributed by atoms with Gasteiger partial charge < -0.3 is 10.6 Å². The number of aryl methyl sites for hydroxylation is 2.